The number of nitrogens with zero attached hydrogens (tertiary/aromatic N) is 4. The fourth-order valence-corrected chi connectivity index (χ4v) is 13.8. The number of H-pyrrole nitrogens is 2. The number of benzene rings is 2. The first kappa shape index (κ1) is 86.3. The number of rotatable bonds is 28. The van der Waals surface area contributed by atoms with Crippen LogP contribution in [0, 0.1) is 19.7 Å². The Labute approximate surface area is 604 Å². The lowest BCUT2D eigenvalue weighted by molar-refractivity contribution is -0.137. The van der Waals surface area contributed by atoms with Gasteiger partial charge in [-0.25, -0.2) is 14.4 Å². The molecular weight excluding hydrogens is 1140 g/mol. The first-order chi connectivity index (χ1) is 44.1. The Kier molecular flexibility index (Phi) is 35.4. The highest BCUT2D eigenvalue weighted by molar-refractivity contribution is 8.35. The van der Waals surface area contributed by atoms with Crippen LogP contribution in [0.3, 0.4) is 0 Å². The Balaban J connectivity index is 0.000000336. The van der Waals surface area contributed by atoms with E-state index in [4.69, 9.17) is 203 Å². The van der Waals surface area contributed by atoms with Crippen molar-refractivity contribution in [2.75, 3.05) is 27.3 Å². The molecule has 2 unspecified atom stereocenters. The molecule has 2 aromatic carbocycles. The zero-order valence-electron chi connectivity index (χ0n) is 54.2. The molecule has 4 aromatic rings. The predicted molar refractivity (Wildman–Crippen MR) is 441 cm³/mol. The van der Waals surface area contributed by atoms with E-state index in [0.717, 1.165) is 36.5 Å². The molecule has 0 amide bonds. The van der Waals surface area contributed by atoms with Crippen LogP contribution in [0.25, 0.3) is 0 Å². The quantitative estimate of drug-likeness (QED) is 0.0427. The van der Waals surface area contributed by atoms with Crippen molar-refractivity contribution < 1.29 is 27.0 Å². The minimum Gasteiger partial charge on any atom is -0.374 e. The molecule has 2 aromatic heterocycles. The molecule has 4 heterocycles. The average molecular weight is 1180 g/mol. The number of halogens is 4. The maximum atomic E-state index is 14.1. The summed E-state index contributed by atoms with van der Waals surface area (Å²) in [6.07, 6.45) is -34.3. The van der Waals surface area contributed by atoms with Crippen molar-refractivity contribution in [3.63, 3.8) is 0 Å². The second-order valence-electron chi connectivity index (χ2n) is 24.9. The summed E-state index contributed by atoms with van der Waals surface area (Å²) in [6.45, 7) is 6.21. The van der Waals surface area contributed by atoms with Gasteiger partial charge < -0.3 is 19.4 Å². The molecule has 50 radical (unpaired) electrons. The zero-order valence-corrected chi connectivity index (χ0v) is 54.2. The third-order valence-corrected chi connectivity index (χ3v) is 17.9. The summed E-state index contributed by atoms with van der Waals surface area (Å²) in [5, 5.41) is 0. The standard InChI is InChI=1S/C17H17F4N3O2.C16H19N3O2.B48/c1-9-22-15-12(16(25)23-9)7-24(8-14(15)26-2)6-10-3-4-11(5-13(10)18)17(19,20)21;1-11-17-15-13(16(20)18-11)9-19(10-14(15)21-2)8-12-6-4-3-5-7-12;1-26(2)38(25)44(37(23)24)47(43(35(19)20)36(21)22)48(45(39(27(3)4)28(5)6)40(29(7)8)30(9)10)46(41(31(11)12)32(13)14)42(33(15)16)34(17)18/h3-5,14H,6-8H2,1-2H3,(H,22,23,25);3-7,14H,8-10H2,1-2H3,(H,17,18,20);. The Bertz CT molecular complexity index is 2990. The number of hydrogen-bond donors (Lipinski definition) is 2. The van der Waals surface area contributed by atoms with E-state index in [9.17, 15) is 27.2 Å². The number of ether oxygens (including phenoxy) is 2. The third-order valence-electron chi connectivity index (χ3n) is 17.9. The van der Waals surface area contributed by atoms with E-state index in [-0.39, 0.29) is 35.9 Å². The van der Waals surface area contributed by atoms with Crippen molar-refractivity contribution in [2.45, 2.75) is 58.4 Å². The predicted octanol–water partition coefficient (Wildman–Crippen LogP) is -13.6. The molecule has 95 heavy (non-hydrogen) atoms. The molecule has 62 heteroatoms. The number of alkyl halides is 3. The summed E-state index contributed by atoms with van der Waals surface area (Å²) < 4.78 is 63.0. The van der Waals surface area contributed by atoms with E-state index in [1.54, 1.807) is 25.9 Å². The molecule has 6 rings (SSSR count). The van der Waals surface area contributed by atoms with Gasteiger partial charge in [-0.3, -0.25) is 19.4 Å². The Morgan fingerprint density at radius 3 is 1.07 bits per heavy atom. The molecule has 0 fully saturated rings. The molecule has 2 atom stereocenters. The molecule has 2 N–H and O–H groups in total. The normalized spacial score (nSPS) is 13.9. The van der Waals surface area contributed by atoms with E-state index in [0.29, 0.717) is 42.1 Å². The molecule has 0 bridgehead atoms. The van der Waals surface area contributed by atoms with E-state index in [1.165, 1.54) is 12.7 Å². The van der Waals surface area contributed by atoms with Crippen LogP contribution in [0.5, 0.6) is 0 Å². The lowest BCUT2D eigenvalue weighted by atomic mass is 8.25. The molecular formula is C33H36B48F4N6O4. The van der Waals surface area contributed by atoms with Crippen LogP contribution >= 0.6 is 0 Å². The van der Waals surface area contributed by atoms with Crippen molar-refractivity contribution >= 4 is 340 Å². The Morgan fingerprint density at radius 1 is 0.463 bits per heavy atom. The number of aryl methyl sites for hydroxylation is 2. The second-order valence-corrected chi connectivity index (χ2v) is 24.9. The molecule has 2 aliphatic heterocycles. The van der Waals surface area contributed by atoms with Gasteiger partial charge in [-0.2, -0.15) is 13.2 Å². The highest BCUT2D eigenvalue weighted by Gasteiger charge is 2.60. The number of aromatic nitrogens is 4. The molecule has 0 saturated heterocycles. The second kappa shape index (κ2) is 38.9. The molecule has 10 nitrogen and oxygen atoms in total. The molecule has 0 saturated carbocycles. The van der Waals surface area contributed by atoms with Crippen molar-refractivity contribution in [3.8, 4) is 0 Å². The maximum Gasteiger partial charge on any atom is 0.416 e. The van der Waals surface area contributed by atoms with Crippen LogP contribution in [0.1, 0.15) is 63.1 Å². The maximum absolute atomic E-state index is 14.1. The topological polar surface area (TPSA) is 116 Å². The molecule has 2 aliphatic rings. The van der Waals surface area contributed by atoms with E-state index in [1.807, 2.05) is 18.2 Å². The summed E-state index contributed by atoms with van der Waals surface area (Å²) in [7, 11) is 163. The van der Waals surface area contributed by atoms with Gasteiger partial charge in [0.2, 0.25) is 0 Å². The van der Waals surface area contributed by atoms with Crippen molar-refractivity contribution in [2.24, 2.45) is 0 Å². The number of aromatic amines is 2. The minimum absolute atomic E-state index is 0.0522. The lowest BCUT2D eigenvalue weighted by Crippen LogP contribution is -2.94. The lowest BCUT2D eigenvalue weighted by Gasteiger charge is -2.56. The van der Waals surface area contributed by atoms with Gasteiger partial charge in [-0.1, -0.05) is 36.4 Å². The zero-order chi connectivity index (χ0) is 72.2. The Morgan fingerprint density at radius 2 is 0.779 bits per heavy atom. The van der Waals surface area contributed by atoms with Gasteiger partial charge in [0.1, 0.15) is 29.7 Å². The fraction of sp³-hybridized carbons (Fsp3) is 0.394. The largest absolute Gasteiger partial charge is 0.416 e. The summed E-state index contributed by atoms with van der Waals surface area (Å²) in [4.78, 5) is 42.5. The monoisotopic (exact) mass is 1180 g/mol. The summed E-state index contributed by atoms with van der Waals surface area (Å²) in [6, 6.07) is 12.7. The first-order valence-corrected chi connectivity index (χ1v) is 30.6. The number of nitrogens with one attached hydrogen (secondary N) is 2. The summed E-state index contributed by atoms with van der Waals surface area (Å²) in [5.74, 6) is 0.172. The molecule has 0 spiro atoms. The van der Waals surface area contributed by atoms with Crippen molar-refractivity contribution in [1.82, 2.24) is 29.7 Å². The average Bonchev–Trinajstić information content (AvgIpc) is 0.741. The fourth-order valence-electron chi connectivity index (χ4n) is 13.8. The smallest absolute Gasteiger partial charge is 0.374 e. The minimum atomic E-state index is -4.60. The highest BCUT2D eigenvalue weighted by Crippen LogP contribution is 2.32. The van der Waals surface area contributed by atoms with Crippen molar-refractivity contribution in [3.05, 3.63) is 126 Å². The van der Waals surface area contributed by atoms with E-state index in [2.05, 4.69) is 37.0 Å². The number of fused-ring (bicyclic) bond motifs is 2. The van der Waals surface area contributed by atoms with E-state index < -0.39 is 171 Å². The Hall–Kier alpha value is -1.12. The van der Waals surface area contributed by atoms with Crippen LogP contribution in [0.2, 0.25) is 0 Å². The van der Waals surface area contributed by atoms with Gasteiger partial charge in [-0.15, -0.1) is 0 Å². The van der Waals surface area contributed by atoms with Crippen LogP contribution in [-0.2, 0) is 41.8 Å². The van der Waals surface area contributed by atoms with Crippen molar-refractivity contribution in [1.29, 1.82) is 0 Å². The van der Waals surface area contributed by atoms with Gasteiger partial charge in [-0.05, 0) is 31.5 Å². The molecule has 0 aliphatic carbocycles. The van der Waals surface area contributed by atoms with Crippen LogP contribution < -0.4 is 11.1 Å². The van der Waals surface area contributed by atoms with Crippen LogP contribution in [-0.4, -0.2) is 397 Å². The highest BCUT2D eigenvalue weighted by atomic mass is 19.4. The number of methoxy groups -OCH3 is 2. The SMILES string of the molecule is COC1CN(Cc2ccc(C(F)(F)F)cc2F)Cc2c1nc(C)[nH]c2=O.COC1CN(Cc2ccccc2)Cc2c1nc(C)[nH]c2=O.[B]B([B])B([B])B(B([B])[B])B(B(B([B])[B])B([B])[B])B(B(B(B([B])[B])B([B])[B])B(B([B])[B])B([B])[B])B(B(B([B])[B])B([B])[B])B(B([B])[B])B([B])[B]. The van der Waals surface area contributed by atoms with Gasteiger partial charge >= 0.3 is 6.18 Å². The van der Waals surface area contributed by atoms with Crippen LogP contribution in [0.4, 0.5) is 17.6 Å². The van der Waals surface area contributed by atoms with Gasteiger partial charge in [0.25, 0.3) is 11.1 Å². The summed E-state index contributed by atoms with van der Waals surface area (Å²) >= 11 is 0. The summed E-state index contributed by atoms with van der Waals surface area (Å²) in [5.41, 5.74) is 2.41. The third kappa shape index (κ3) is 23.2. The van der Waals surface area contributed by atoms with Crippen LogP contribution in [0.15, 0.2) is 58.1 Å². The number of hydrogen-bond acceptors (Lipinski definition) is 8. The first-order valence-electron chi connectivity index (χ1n) is 30.6. The van der Waals surface area contributed by atoms with Gasteiger partial charge in [0.05, 0.1) is 28.1 Å². The van der Waals surface area contributed by atoms with E-state index >= 15 is 0 Å². The van der Waals surface area contributed by atoms with Gasteiger partial charge in [0, 0.05) is 399 Å². The van der Waals surface area contributed by atoms with Gasteiger partial charge in [0.15, 0.2) is 0 Å². The molecule has 394 valence electrons.